The van der Waals surface area contributed by atoms with E-state index in [4.69, 9.17) is 14.2 Å². The minimum atomic E-state index is -0.762. The molecular formula is C56H108O6. The van der Waals surface area contributed by atoms with Crippen LogP contribution in [-0.4, -0.2) is 37.2 Å². The number of rotatable bonds is 50. The van der Waals surface area contributed by atoms with Gasteiger partial charge in [-0.3, -0.25) is 14.4 Å². The van der Waals surface area contributed by atoms with Gasteiger partial charge in [-0.25, -0.2) is 0 Å². The second kappa shape index (κ2) is 48.9. The molecule has 0 aromatic rings. The Morgan fingerprint density at radius 2 is 0.532 bits per heavy atom. The third-order valence-electron chi connectivity index (χ3n) is 12.7. The van der Waals surface area contributed by atoms with Crippen LogP contribution in [0.1, 0.15) is 311 Å². The largest absolute Gasteiger partial charge is 0.462 e. The zero-order valence-corrected chi connectivity index (χ0v) is 42.5. The van der Waals surface area contributed by atoms with Crippen LogP contribution < -0.4 is 0 Å². The van der Waals surface area contributed by atoms with Crippen molar-refractivity contribution >= 4 is 17.9 Å². The SMILES string of the molecule is CCCCCCCCCCCCCCCCCCCCCC(=O)O[C@H](COC(=O)CCCCCCCCCCCCC(C)C)COC(=O)CCCCCCCCCCCC(C)C. The van der Waals surface area contributed by atoms with E-state index in [0.717, 1.165) is 69.6 Å². The van der Waals surface area contributed by atoms with Crippen molar-refractivity contribution in [2.75, 3.05) is 13.2 Å². The molecule has 0 rings (SSSR count). The van der Waals surface area contributed by atoms with Gasteiger partial charge in [0.1, 0.15) is 13.2 Å². The molecule has 0 heterocycles. The van der Waals surface area contributed by atoms with E-state index in [1.807, 2.05) is 0 Å². The van der Waals surface area contributed by atoms with Crippen molar-refractivity contribution < 1.29 is 28.6 Å². The first-order valence-corrected chi connectivity index (χ1v) is 27.7. The van der Waals surface area contributed by atoms with Crippen LogP contribution in [0.2, 0.25) is 0 Å². The summed E-state index contributed by atoms with van der Waals surface area (Å²) in [6.07, 6.45) is 51.0. The number of ether oxygens (including phenoxy) is 3. The fraction of sp³-hybridized carbons (Fsp3) is 0.946. The van der Waals surface area contributed by atoms with Gasteiger partial charge >= 0.3 is 17.9 Å². The van der Waals surface area contributed by atoms with E-state index in [1.165, 1.54) is 199 Å². The van der Waals surface area contributed by atoms with Crippen LogP contribution in [0.25, 0.3) is 0 Å². The molecule has 6 heteroatoms. The molecule has 0 unspecified atom stereocenters. The summed E-state index contributed by atoms with van der Waals surface area (Å²) >= 11 is 0. The van der Waals surface area contributed by atoms with Gasteiger partial charge in [0.2, 0.25) is 0 Å². The van der Waals surface area contributed by atoms with E-state index in [0.29, 0.717) is 19.3 Å². The fourth-order valence-electron chi connectivity index (χ4n) is 8.52. The monoisotopic (exact) mass is 877 g/mol. The normalized spacial score (nSPS) is 12.0. The van der Waals surface area contributed by atoms with Crippen molar-refractivity contribution in [2.45, 2.75) is 317 Å². The maximum Gasteiger partial charge on any atom is 0.306 e. The molecule has 0 aliphatic rings. The Labute approximate surface area is 387 Å². The van der Waals surface area contributed by atoms with Gasteiger partial charge in [0.25, 0.3) is 0 Å². The molecule has 0 aromatic carbocycles. The lowest BCUT2D eigenvalue weighted by Crippen LogP contribution is -2.30. The lowest BCUT2D eigenvalue weighted by Gasteiger charge is -2.18. The second-order valence-electron chi connectivity index (χ2n) is 20.2. The predicted octanol–water partition coefficient (Wildman–Crippen LogP) is 18.1. The molecule has 0 spiro atoms. The van der Waals surface area contributed by atoms with Gasteiger partial charge < -0.3 is 14.2 Å². The Morgan fingerprint density at radius 3 is 0.790 bits per heavy atom. The van der Waals surface area contributed by atoms with Crippen LogP contribution in [0, 0.1) is 11.8 Å². The van der Waals surface area contributed by atoms with Gasteiger partial charge in [-0.2, -0.15) is 0 Å². The van der Waals surface area contributed by atoms with Gasteiger partial charge in [-0.15, -0.1) is 0 Å². The summed E-state index contributed by atoms with van der Waals surface area (Å²) in [4.78, 5) is 38.0. The Bertz CT molecular complexity index is 947. The second-order valence-corrected chi connectivity index (χ2v) is 20.2. The molecule has 0 saturated carbocycles. The summed E-state index contributed by atoms with van der Waals surface area (Å²) in [7, 11) is 0. The highest BCUT2D eigenvalue weighted by atomic mass is 16.6. The zero-order valence-electron chi connectivity index (χ0n) is 42.5. The maximum atomic E-state index is 12.8. The van der Waals surface area contributed by atoms with E-state index in [1.54, 1.807) is 0 Å². The maximum absolute atomic E-state index is 12.8. The van der Waals surface area contributed by atoms with E-state index in [9.17, 15) is 14.4 Å². The van der Waals surface area contributed by atoms with Crippen molar-refractivity contribution in [1.29, 1.82) is 0 Å². The lowest BCUT2D eigenvalue weighted by atomic mass is 10.0. The summed E-state index contributed by atoms with van der Waals surface area (Å²) in [6, 6.07) is 0. The molecule has 0 aliphatic heterocycles. The van der Waals surface area contributed by atoms with Gasteiger partial charge in [0.15, 0.2) is 6.10 Å². The summed E-state index contributed by atoms with van der Waals surface area (Å²) in [5.74, 6) is 0.781. The summed E-state index contributed by atoms with van der Waals surface area (Å²) in [6.45, 7) is 11.4. The van der Waals surface area contributed by atoms with Crippen molar-refractivity contribution in [2.24, 2.45) is 11.8 Å². The Kier molecular flexibility index (Phi) is 47.6. The number of carbonyl (C=O) groups is 3. The first-order valence-electron chi connectivity index (χ1n) is 27.7. The highest BCUT2D eigenvalue weighted by Crippen LogP contribution is 2.18. The van der Waals surface area contributed by atoms with Crippen LogP contribution in [0.4, 0.5) is 0 Å². The number of unbranched alkanes of at least 4 members (excludes halogenated alkanes) is 35. The van der Waals surface area contributed by atoms with E-state index in [2.05, 4.69) is 34.6 Å². The molecule has 0 aliphatic carbocycles. The van der Waals surface area contributed by atoms with Crippen LogP contribution in [0.15, 0.2) is 0 Å². The summed E-state index contributed by atoms with van der Waals surface area (Å²) in [5, 5.41) is 0. The Morgan fingerprint density at radius 1 is 0.306 bits per heavy atom. The number of esters is 3. The minimum Gasteiger partial charge on any atom is -0.462 e. The standard InChI is InChI=1S/C56H108O6/c1-6-7-8-9-10-11-12-13-14-15-16-17-18-19-20-27-33-38-43-48-56(59)62-53(50-61-55(58)47-42-37-32-28-23-25-30-35-40-45-52(4)5)49-60-54(57)46-41-36-31-26-22-21-24-29-34-39-44-51(2)3/h51-53H,6-50H2,1-5H3/t53-/m1/s1. The van der Waals surface area contributed by atoms with Crippen molar-refractivity contribution in [3.63, 3.8) is 0 Å². The molecule has 0 saturated heterocycles. The van der Waals surface area contributed by atoms with Gasteiger partial charge in [-0.1, -0.05) is 272 Å². The Balaban J connectivity index is 4.28. The first-order chi connectivity index (χ1) is 30.2. The first kappa shape index (κ1) is 60.4. The molecule has 368 valence electrons. The highest BCUT2D eigenvalue weighted by Gasteiger charge is 2.19. The summed E-state index contributed by atoms with van der Waals surface area (Å²) in [5.41, 5.74) is 0. The van der Waals surface area contributed by atoms with E-state index >= 15 is 0 Å². The third kappa shape index (κ3) is 49.4. The molecule has 0 bridgehead atoms. The van der Waals surface area contributed by atoms with Crippen molar-refractivity contribution in [3.05, 3.63) is 0 Å². The van der Waals surface area contributed by atoms with Crippen LogP contribution in [-0.2, 0) is 28.6 Å². The van der Waals surface area contributed by atoms with E-state index in [-0.39, 0.29) is 31.1 Å². The average molecular weight is 877 g/mol. The van der Waals surface area contributed by atoms with Gasteiger partial charge in [-0.05, 0) is 31.1 Å². The van der Waals surface area contributed by atoms with Crippen LogP contribution in [0.5, 0.6) is 0 Å². The molecule has 0 radical (unpaired) electrons. The molecular weight excluding hydrogens is 769 g/mol. The highest BCUT2D eigenvalue weighted by molar-refractivity contribution is 5.71. The molecule has 0 fully saturated rings. The number of hydrogen-bond acceptors (Lipinski definition) is 6. The quantitative estimate of drug-likeness (QED) is 0.0344. The van der Waals surface area contributed by atoms with Crippen molar-refractivity contribution in [1.82, 2.24) is 0 Å². The fourth-order valence-corrected chi connectivity index (χ4v) is 8.52. The molecule has 1 atom stereocenters. The van der Waals surface area contributed by atoms with Gasteiger partial charge in [0.05, 0.1) is 0 Å². The van der Waals surface area contributed by atoms with Crippen molar-refractivity contribution in [3.8, 4) is 0 Å². The topological polar surface area (TPSA) is 78.9 Å². The number of carbonyl (C=O) groups excluding carboxylic acids is 3. The Hall–Kier alpha value is -1.59. The predicted molar refractivity (Wildman–Crippen MR) is 266 cm³/mol. The molecule has 0 aromatic heterocycles. The van der Waals surface area contributed by atoms with Gasteiger partial charge in [0, 0.05) is 19.3 Å². The summed E-state index contributed by atoms with van der Waals surface area (Å²) < 4.78 is 16.8. The molecule has 62 heavy (non-hydrogen) atoms. The molecule has 0 amide bonds. The zero-order chi connectivity index (χ0) is 45.4. The van der Waals surface area contributed by atoms with Crippen LogP contribution in [0.3, 0.4) is 0 Å². The number of hydrogen-bond donors (Lipinski definition) is 0. The van der Waals surface area contributed by atoms with Crippen LogP contribution >= 0.6 is 0 Å². The lowest BCUT2D eigenvalue weighted by molar-refractivity contribution is -0.167. The van der Waals surface area contributed by atoms with E-state index < -0.39 is 6.10 Å². The smallest absolute Gasteiger partial charge is 0.306 e. The minimum absolute atomic E-state index is 0.0638. The molecule has 6 nitrogen and oxygen atoms in total. The third-order valence-corrected chi connectivity index (χ3v) is 12.7. The average Bonchev–Trinajstić information content (AvgIpc) is 3.24. The molecule has 0 N–H and O–H groups in total.